The van der Waals surface area contributed by atoms with E-state index in [9.17, 15) is 17.6 Å². The fourth-order valence-corrected chi connectivity index (χ4v) is 6.48. The summed E-state index contributed by atoms with van der Waals surface area (Å²) in [6, 6.07) is 10.6. The highest BCUT2D eigenvalue weighted by Crippen LogP contribution is 2.33. The predicted octanol–water partition coefficient (Wildman–Crippen LogP) is 4.07. The molecule has 1 atom stereocenters. The van der Waals surface area contributed by atoms with E-state index < -0.39 is 21.7 Å². The van der Waals surface area contributed by atoms with Gasteiger partial charge in [-0.05, 0) is 49.6 Å². The standard InChI is InChI=1S/C24H28FN3O4S/c1-14(2)22-21-15(3)19(23(29)26-24(5)12-33(30,31)13-24)9-10-20(21)28(27-22)17-7-6-8-18(11-17)32-16(4)25/h6-11,14,16H,12-13H2,1-5H3,(H,26,29). The number of halogens is 1. The van der Waals surface area contributed by atoms with Gasteiger partial charge in [-0.15, -0.1) is 0 Å². The Morgan fingerprint density at radius 1 is 1.21 bits per heavy atom. The van der Waals surface area contributed by atoms with Crippen molar-refractivity contribution in [2.45, 2.75) is 52.4 Å². The lowest BCUT2D eigenvalue weighted by Gasteiger charge is -2.38. The van der Waals surface area contributed by atoms with Gasteiger partial charge in [-0.3, -0.25) is 4.79 Å². The first-order valence-electron chi connectivity index (χ1n) is 10.9. The van der Waals surface area contributed by atoms with Crippen LogP contribution >= 0.6 is 0 Å². The van der Waals surface area contributed by atoms with Crippen LogP contribution in [0, 0.1) is 6.92 Å². The Labute approximate surface area is 192 Å². The van der Waals surface area contributed by atoms with Gasteiger partial charge in [0.05, 0.1) is 33.9 Å². The van der Waals surface area contributed by atoms with Gasteiger partial charge in [0.25, 0.3) is 5.91 Å². The Balaban J connectivity index is 1.77. The third-order valence-corrected chi connectivity index (χ3v) is 7.93. The van der Waals surface area contributed by atoms with Gasteiger partial charge in [0.1, 0.15) is 5.75 Å². The van der Waals surface area contributed by atoms with Gasteiger partial charge >= 0.3 is 0 Å². The van der Waals surface area contributed by atoms with Gasteiger partial charge < -0.3 is 10.1 Å². The number of aryl methyl sites for hydroxylation is 1. The Kier molecular flexibility index (Phi) is 5.72. The van der Waals surface area contributed by atoms with E-state index in [-0.39, 0.29) is 23.3 Å². The first-order chi connectivity index (χ1) is 15.4. The fourth-order valence-electron chi connectivity index (χ4n) is 4.47. The first kappa shape index (κ1) is 23.2. The molecule has 1 unspecified atom stereocenters. The van der Waals surface area contributed by atoms with Crippen molar-refractivity contribution in [3.63, 3.8) is 0 Å². The molecule has 1 amide bonds. The van der Waals surface area contributed by atoms with Crippen LogP contribution in [-0.4, -0.2) is 47.5 Å². The highest BCUT2D eigenvalue weighted by Gasteiger charge is 2.46. The van der Waals surface area contributed by atoms with E-state index in [1.807, 2.05) is 32.9 Å². The molecule has 3 aromatic rings. The molecule has 2 heterocycles. The van der Waals surface area contributed by atoms with Gasteiger partial charge in [-0.1, -0.05) is 19.9 Å². The second-order valence-electron chi connectivity index (χ2n) is 9.29. The summed E-state index contributed by atoms with van der Waals surface area (Å²) in [6.45, 7) is 9.00. The minimum atomic E-state index is -3.08. The average Bonchev–Trinajstić information content (AvgIpc) is 3.07. The number of sulfone groups is 1. The molecule has 1 N–H and O–H groups in total. The predicted molar refractivity (Wildman–Crippen MR) is 126 cm³/mol. The van der Waals surface area contributed by atoms with Gasteiger partial charge in [0.15, 0.2) is 9.84 Å². The number of carbonyl (C=O) groups is 1. The van der Waals surface area contributed by atoms with E-state index in [1.54, 1.807) is 35.9 Å². The quantitative estimate of drug-likeness (QED) is 0.583. The van der Waals surface area contributed by atoms with Crippen molar-refractivity contribution < 1.29 is 22.3 Å². The van der Waals surface area contributed by atoms with Gasteiger partial charge in [-0.2, -0.15) is 5.10 Å². The largest absolute Gasteiger partial charge is 0.461 e. The van der Waals surface area contributed by atoms with Crippen LogP contribution < -0.4 is 10.1 Å². The molecule has 0 saturated carbocycles. The maximum Gasteiger partial charge on any atom is 0.252 e. The molecular formula is C24H28FN3O4S. The molecule has 7 nitrogen and oxygen atoms in total. The molecule has 0 radical (unpaired) electrons. The zero-order chi connectivity index (χ0) is 24.1. The van der Waals surface area contributed by atoms with E-state index in [0.29, 0.717) is 17.0 Å². The lowest BCUT2D eigenvalue weighted by atomic mass is 9.97. The molecule has 176 valence electrons. The molecular weight excluding hydrogens is 445 g/mol. The van der Waals surface area contributed by atoms with E-state index >= 15 is 0 Å². The smallest absolute Gasteiger partial charge is 0.252 e. The molecule has 0 aliphatic carbocycles. The SMILES string of the molecule is Cc1c(C(=O)NC2(C)CS(=O)(=O)C2)ccc2c1c(C(C)C)nn2-c1cccc(OC(C)F)c1. The zero-order valence-electron chi connectivity index (χ0n) is 19.3. The normalized spacial score (nSPS) is 17.5. The van der Waals surface area contributed by atoms with Crippen molar-refractivity contribution in [1.29, 1.82) is 0 Å². The number of aromatic nitrogens is 2. The summed E-state index contributed by atoms with van der Waals surface area (Å²) >= 11 is 0. The maximum atomic E-state index is 13.3. The minimum absolute atomic E-state index is 0.0574. The fraction of sp³-hybridized carbons (Fsp3) is 0.417. The summed E-state index contributed by atoms with van der Waals surface area (Å²) in [7, 11) is -3.08. The van der Waals surface area contributed by atoms with Crippen molar-refractivity contribution in [2.24, 2.45) is 0 Å². The van der Waals surface area contributed by atoms with Crippen LogP contribution in [0.3, 0.4) is 0 Å². The van der Waals surface area contributed by atoms with Crippen LogP contribution in [0.15, 0.2) is 36.4 Å². The lowest BCUT2D eigenvalue weighted by molar-refractivity contribution is 0.0859. The molecule has 1 aromatic heterocycles. The first-order valence-corrected chi connectivity index (χ1v) is 12.7. The topological polar surface area (TPSA) is 90.3 Å². The number of nitrogens with zero attached hydrogens (tertiary/aromatic N) is 2. The monoisotopic (exact) mass is 473 g/mol. The lowest BCUT2D eigenvalue weighted by Crippen LogP contribution is -2.63. The van der Waals surface area contributed by atoms with Gasteiger partial charge in [0, 0.05) is 23.9 Å². The average molecular weight is 474 g/mol. The number of hydrogen-bond acceptors (Lipinski definition) is 5. The Morgan fingerprint density at radius 3 is 2.52 bits per heavy atom. The molecule has 1 aliphatic rings. The molecule has 33 heavy (non-hydrogen) atoms. The van der Waals surface area contributed by atoms with Crippen LogP contribution in [0.4, 0.5) is 4.39 Å². The molecule has 0 spiro atoms. The molecule has 9 heteroatoms. The highest BCUT2D eigenvalue weighted by molar-refractivity contribution is 7.93. The minimum Gasteiger partial charge on any atom is -0.461 e. The molecule has 0 bridgehead atoms. The van der Waals surface area contributed by atoms with Crippen LogP contribution in [0.1, 0.15) is 55.2 Å². The molecule has 1 saturated heterocycles. The number of ether oxygens (including phenoxy) is 1. The number of carbonyl (C=O) groups excluding carboxylic acids is 1. The van der Waals surface area contributed by atoms with Gasteiger partial charge in [0.2, 0.25) is 6.36 Å². The summed E-state index contributed by atoms with van der Waals surface area (Å²) in [4.78, 5) is 13.0. The van der Waals surface area contributed by atoms with Crippen LogP contribution in [0.2, 0.25) is 0 Å². The Bertz CT molecular complexity index is 1330. The van der Waals surface area contributed by atoms with E-state index in [2.05, 4.69) is 5.32 Å². The summed E-state index contributed by atoms with van der Waals surface area (Å²) in [5, 5.41) is 8.57. The number of nitrogens with one attached hydrogen (secondary N) is 1. The van der Waals surface area contributed by atoms with E-state index in [1.165, 1.54) is 6.92 Å². The number of hydrogen-bond donors (Lipinski definition) is 1. The zero-order valence-corrected chi connectivity index (χ0v) is 20.2. The second-order valence-corrected chi connectivity index (χ2v) is 11.4. The van der Waals surface area contributed by atoms with Crippen molar-refractivity contribution >= 4 is 26.6 Å². The molecule has 2 aromatic carbocycles. The number of fused-ring (bicyclic) bond motifs is 1. The van der Waals surface area contributed by atoms with Crippen molar-refractivity contribution in [3.8, 4) is 11.4 Å². The maximum absolute atomic E-state index is 13.3. The number of amides is 1. The number of alkyl halides is 1. The Hall–Kier alpha value is -2.94. The third kappa shape index (κ3) is 4.46. The third-order valence-electron chi connectivity index (χ3n) is 5.78. The summed E-state index contributed by atoms with van der Waals surface area (Å²) in [5.74, 6) is 0.0663. The van der Waals surface area contributed by atoms with Crippen molar-refractivity contribution in [3.05, 3.63) is 53.2 Å². The summed E-state index contributed by atoms with van der Waals surface area (Å²) < 4.78 is 43.5. The number of rotatable bonds is 6. The van der Waals surface area contributed by atoms with Crippen LogP contribution in [0.5, 0.6) is 5.75 Å². The highest BCUT2D eigenvalue weighted by atomic mass is 32.2. The van der Waals surface area contributed by atoms with Gasteiger partial charge in [-0.25, -0.2) is 17.5 Å². The van der Waals surface area contributed by atoms with Crippen LogP contribution in [0.25, 0.3) is 16.6 Å². The van der Waals surface area contributed by atoms with Crippen molar-refractivity contribution in [2.75, 3.05) is 11.5 Å². The summed E-state index contributed by atoms with van der Waals surface area (Å²) in [5.41, 5.74) is 2.87. The van der Waals surface area contributed by atoms with Crippen LogP contribution in [-0.2, 0) is 9.84 Å². The molecule has 1 aliphatic heterocycles. The summed E-state index contributed by atoms with van der Waals surface area (Å²) in [6.07, 6.45) is -1.43. The number of benzene rings is 2. The van der Waals surface area contributed by atoms with E-state index in [4.69, 9.17) is 9.84 Å². The van der Waals surface area contributed by atoms with Crippen molar-refractivity contribution in [1.82, 2.24) is 15.1 Å². The Morgan fingerprint density at radius 2 is 1.91 bits per heavy atom. The van der Waals surface area contributed by atoms with E-state index in [0.717, 1.165) is 22.2 Å². The second kappa shape index (κ2) is 8.13. The molecule has 1 fully saturated rings. The molecule has 4 rings (SSSR count).